The molecule has 0 unspecified atom stereocenters. The monoisotopic (exact) mass is 238 g/mol. The Balaban J connectivity index is 2.72. The molecule has 0 aliphatic heterocycles. The van der Waals surface area contributed by atoms with Crippen LogP contribution in [0.4, 0.5) is 0 Å². The average molecular weight is 239 g/mol. The Bertz CT molecular complexity index is 621. The standard InChI is InChI=1S/C10H7ClN2O3/c1-16-10(15)6-2-5-4-12-8(11)3-7(5)13-9(6)14/h2-4H,1H3,(H,13,14). The Morgan fingerprint density at radius 1 is 1.50 bits per heavy atom. The molecule has 0 aliphatic carbocycles. The summed E-state index contributed by atoms with van der Waals surface area (Å²) in [6.07, 6.45) is 1.47. The van der Waals surface area contributed by atoms with E-state index in [9.17, 15) is 9.59 Å². The summed E-state index contributed by atoms with van der Waals surface area (Å²) in [5.74, 6) is -0.682. The van der Waals surface area contributed by atoms with Gasteiger partial charge in [-0.3, -0.25) is 4.79 Å². The minimum absolute atomic E-state index is 0.0564. The molecule has 82 valence electrons. The van der Waals surface area contributed by atoms with Crippen molar-refractivity contribution >= 4 is 28.5 Å². The van der Waals surface area contributed by atoms with E-state index in [0.717, 1.165) is 0 Å². The van der Waals surface area contributed by atoms with Crippen molar-refractivity contribution in [2.24, 2.45) is 0 Å². The van der Waals surface area contributed by atoms with Crippen LogP contribution in [0.5, 0.6) is 0 Å². The molecule has 0 saturated heterocycles. The van der Waals surface area contributed by atoms with Gasteiger partial charge in [-0.1, -0.05) is 11.6 Å². The predicted molar refractivity (Wildman–Crippen MR) is 58.7 cm³/mol. The van der Waals surface area contributed by atoms with E-state index in [1.807, 2.05) is 0 Å². The Kier molecular flexibility index (Phi) is 2.62. The van der Waals surface area contributed by atoms with Crippen molar-refractivity contribution in [1.82, 2.24) is 9.97 Å². The van der Waals surface area contributed by atoms with Crippen molar-refractivity contribution in [2.75, 3.05) is 7.11 Å². The quantitative estimate of drug-likeness (QED) is 0.602. The van der Waals surface area contributed by atoms with Gasteiger partial charge in [0.1, 0.15) is 10.7 Å². The van der Waals surface area contributed by atoms with E-state index in [4.69, 9.17) is 11.6 Å². The predicted octanol–water partition coefficient (Wildman–Crippen LogP) is 1.36. The molecule has 5 nitrogen and oxygen atoms in total. The molecule has 16 heavy (non-hydrogen) atoms. The number of carbonyl (C=O) groups is 1. The third-order valence-electron chi connectivity index (χ3n) is 2.10. The number of esters is 1. The van der Waals surface area contributed by atoms with E-state index in [0.29, 0.717) is 10.9 Å². The van der Waals surface area contributed by atoms with Crippen LogP contribution in [0, 0.1) is 0 Å². The number of ether oxygens (including phenoxy) is 1. The van der Waals surface area contributed by atoms with Crippen LogP contribution in [0.25, 0.3) is 10.9 Å². The number of hydrogen-bond donors (Lipinski definition) is 1. The first kappa shape index (κ1) is 10.6. The summed E-state index contributed by atoms with van der Waals surface area (Å²) in [7, 11) is 1.21. The highest BCUT2D eigenvalue weighted by atomic mass is 35.5. The fourth-order valence-electron chi connectivity index (χ4n) is 1.34. The van der Waals surface area contributed by atoms with Gasteiger partial charge in [0, 0.05) is 11.6 Å². The summed E-state index contributed by atoms with van der Waals surface area (Å²) in [6.45, 7) is 0. The third-order valence-corrected chi connectivity index (χ3v) is 2.31. The Morgan fingerprint density at radius 2 is 2.25 bits per heavy atom. The van der Waals surface area contributed by atoms with E-state index in [1.165, 1.54) is 25.4 Å². The van der Waals surface area contributed by atoms with Gasteiger partial charge in [0.15, 0.2) is 0 Å². The zero-order valence-corrected chi connectivity index (χ0v) is 9.04. The maximum absolute atomic E-state index is 11.5. The van der Waals surface area contributed by atoms with Crippen molar-refractivity contribution < 1.29 is 9.53 Å². The van der Waals surface area contributed by atoms with Gasteiger partial charge in [-0.15, -0.1) is 0 Å². The molecule has 0 saturated carbocycles. The molecule has 0 bridgehead atoms. The lowest BCUT2D eigenvalue weighted by atomic mass is 10.2. The molecule has 2 aromatic rings. The van der Waals surface area contributed by atoms with E-state index in [-0.39, 0.29) is 10.7 Å². The van der Waals surface area contributed by atoms with Crippen LogP contribution in [-0.4, -0.2) is 23.0 Å². The number of aromatic nitrogens is 2. The van der Waals surface area contributed by atoms with Gasteiger partial charge < -0.3 is 9.72 Å². The first-order chi connectivity index (χ1) is 7.61. The summed E-state index contributed by atoms with van der Waals surface area (Å²) in [5.41, 5.74) is -0.0432. The molecule has 0 atom stereocenters. The SMILES string of the molecule is COC(=O)c1cc2cnc(Cl)cc2[nH]c1=O. The number of H-pyrrole nitrogens is 1. The fraction of sp³-hybridized carbons (Fsp3) is 0.100. The minimum Gasteiger partial charge on any atom is -0.465 e. The number of rotatable bonds is 1. The maximum atomic E-state index is 11.5. The number of hydrogen-bond acceptors (Lipinski definition) is 4. The summed E-state index contributed by atoms with van der Waals surface area (Å²) in [4.78, 5) is 29.2. The Hall–Kier alpha value is -1.88. The summed E-state index contributed by atoms with van der Waals surface area (Å²) >= 11 is 5.68. The van der Waals surface area contributed by atoms with Crippen LogP contribution in [0.1, 0.15) is 10.4 Å². The number of fused-ring (bicyclic) bond motifs is 1. The van der Waals surface area contributed by atoms with Crippen LogP contribution in [0.2, 0.25) is 5.15 Å². The number of methoxy groups -OCH3 is 1. The molecular weight excluding hydrogens is 232 g/mol. The average Bonchev–Trinajstić information content (AvgIpc) is 2.27. The molecule has 2 aromatic heterocycles. The zero-order valence-electron chi connectivity index (χ0n) is 8.28. The Morgan fingerprint density at radius 3 is 2.94 bits per heavy atom. The molecule has 0 aliphatic rings. The second-order valence-corrected chi connectivity index (χ2v) is 3.49. The van der Waals surface area contributed by atoms with Gasteiger partial charge in [-0.25, -0.2) is 9.78 Å². The molecular formula is C10H7ClN2O3. The van der Waals surface area contributed by atoms with E-state index in [1.54, 1.807) is 0 Å². The van der Waals surface area contributed by atoms with Crippen molar-refractivity contribution in [3.8, 4) is 0 Å². The molecule has 0 aromatic carbocycles. The second kappa shape index (κ2) is 3.94. The van der Waals surface area contributed by atoms with Gasteiger partial charge in [-0.05, 0) is 12.1 Å². The number of aromatic amines is 1. The normalized spacial score (nSPS) is 10.4. The number of carbonyl (C=O) groups excluding carboxylic acids is 1. The number of halogens is 1. The van der Waals surface area contributed by atoms with Crippen LogP contribution < -0.4 is 5.56 Å². The van der Waals surface area contributed by atoms with Gasteiger partial charge in [0.25, 0.3) is 5.56 Å². The lowest BCUT2D eigenvalue weighted by Gasteiger charge is -2.01. The van der Waals surface area contributed by atoms with Crippen LogP contribution in [0.15, 0.2) is 23.1 Å². The summed E-state index contributed by atoms with van der Waals surface area (Å²) < 4.78 is 4.48. The molecule has 2 rings (SSSR count). The topological polar surface area (TPSA) is 72.0 Å². The minimum atomic E-state index is -0.682. The molecule has 6 heteroatoms. The second-order valence-electron chi connectivity index (χ2n) is 3.10. The van der Waals surface area contributed by atoms with Crippen molar-refractivity contribution in [3.05, 3.63) is 39.4 Å². The third kappa shape index (κ3) is 1.77. The van der Waals surface area contributed by atoms with Crippen molar-refractivity contribution in [1.29, 1.82) is 0 Å². The van der Waals surface area contributed by atoms with E-state index in [2.05, 4.69) is 14.7 Å². The zero-order chi connectivity index (χ0) is 11.7. The van der Waals surface area contributed by atoms with E-state index >= 15 is 0 Å². The molecule has 0 amide bonds. The number of nitrogens with one attached hydrogen (secondary N) is 1. The molecule has 0 fully saturated rings. The summed E-state index contributed by atoms with van der Waals surface area (Å²) in [6, 6.07) is 2.93. The van der Waals surface area contributed by atoms with Gasteiger partial charge in [0.2, 0.25) is 0 Å². The first-order valence-corrected chi connectivity index (χ1v) is 4.76. The lowest BCUT2D eigenvalue weighted by Crippen LogP contribution is -2.18. The molecule has 0 radical (unpaired) electrons. The van der Waals surface area contributed by atoms with Crippen LogP contribution in [-0.2, 0) is 4.74 Å². The van der Waals surface area contributed by atoms with Gasteiger partial charge >= 0.3 is 5.97 Å². The van der Waals surface area contributed by atoms with Gasteiger partial charge in [-0.2, -0.15) is 0 Å². The van der Waals surface area contributed by atoms with Crippen LogP contribution in [0.3, 0.4) is 0 Å². The maximum Gasteiger partial charge on any atom is 0.343 e. The highest BCUT2D eigenvalue weighted by Gasteiger charge is 2.11. The lowest BCUT2D eigenvalue weighted by molar-refractivity contribution is 0.0599. The number of nitrogens with zero attached hydrogens (tertiary/aromatic N) is 1. The highest BCUT2D eigenvalue weighted by Crippen LogP contribution is 2.14. The number of pyridine rings is 2. The van der Waals surface area contributed by atoms with Gasteiger partial charge in [0.05, 0.1) is 12.6 Å². The Labute approximate surface area is 95.0 Å². The summed E-state index contributed by atoms with van der Waals surface area (Å²) in [5, 5.41) is 0.887. The van der Waals surface area contributed by atoms with Crippen LogP contribution >= 0.6 is 11.6 Å². The highest BCUT2D eigenvalue weighted by molar-refractivity contribution is 6.30. The smallest absolute Gasteiger partial charge is 0.343 e. The molecule has 1 N–H and O–H groups in total. The largest absolute Gasteiger partial charge is 0.465 e. The fourth-order valence-corrected chi connectivity index (χ4v) is 1.49. The van der Waals surface area contributed by atoms with Crippen molar-refractivity contribution in [2.45, 2.75) is 0 Å². The molecule has 0 spiro atoms. The molecule has 2 heterocycles. The first-order valence-electron chi connectivity index (χ1n) is 4.38. The van der Waals surface area contributed by atoms with E-state index < -0.39 is 11.5 Å². The van der Waals surface area contributed by atoms with Crippen molar-refractivity contribution in [3.63, 3.8) is 0 Å².